The van der Waals surface area contributed by atoms with E-state index in [4.69, 9.17) is 4.74 Å². The standard InChI is InChI=1S/C23H26N4O3/c1-23(2)20(15-6-4-3-5-7-15)27(22(29)30-23)17-10-8-16(9-11-17)26-19-14-24-13-12-18(19)25-21(26)28/h3-7,12-14,16-17,20H,8-11H2,1-2H3,(H,25,28)/t16?,17?,20-/m0/s1. The Morgan fingerprint density at radius 1 is 1.03 bits per heavy atom. The Morgan fingerprint density at radius 3 is 2.47 bits per heavy atom. The fraction of sp³-hybridized carbons (Fsp3) is 0.435. The number of aromatic nitrogens is 3. The van der Waals surface area contributed by atoms with E-state index >= 15 is 0 Å². The number of rotatable bonds is 3. The molecule has 3 aromatic rings. The van der Waals surface area contributed by atoms with Crippen molar-refractivity contribution < 1.29 is 9.53 Å². The quantitative estimate of drug-likeness (QED) is 0.708. The average Bonchev–Trinajstić information content (AvgIpc) is 3.20. The maximum Gasteiger partial charge on any atom is 0.411 e. The van der Waals surface area contributed by atoms with Crippen molar-refractivity contribution >= 4 is 17.1 Å². The maximum absolute atomic E-state index is 12.8. The smallest absolute Gasteiger partial charge is 0.411 e. The third kappa shape index (κ3) is 3.00. The second-order valence-electron chi connectivity index (χ2n) is 8.85. The van der Waals surface area contributed by atoms with Crippen LogP contribution in [0.4, 0.5) is 4.79 Å². The zero-order valence-electron chi connectivity index (χ0n) is 17.2. The summed E-state index contributed by atoms with van der Waals surface area (Å²) in [5, 5.41) is 0. The molecule has 1 atom stereocenters. The van der Waals surface area contributed by atoms with Gasteiger partial charge in [0, 0.05) is 18.3 Å². The molecule has 1 N–H and O–H groups in total. The highest BCUT2D eigenvalue weighted by Gasteiger charge is 2.51. The van der Waals surface area contributed by atoms with Crippen LogP contribution < -0.4 is 5.69 Å². The van der Waals surface area contributed by atoms with Crippen LogP contribution in [0, 0.1) is 0 Å². The van der Waals surface area contributed by atoms with Crippen LogP contribution in [0.5, 0.6) is 0 Å². The first-order valence-corrected chi connectivity index (χ1v) is 10.6. The summed E-state index contributed by atoms with van der Waals surface area (Å²) >= 11 is 0. The van der Waals surface area contributed by atoms with E-state index in [1.165, 1.54) is 0 Å². The molecule has 7 nitrogen and oxygen atoms in total. The molecule has 3 heterocycles. The minimum atomic E-state index is -0.589. The summed E-state index contributed by atoms with van der Waals surface area (Å²) in [7, 11) is 0. The van der Waals surface area contributed by atoms with Gasteiger partial charge in [-0.05, 0) is 51.2 Å². The molecule has 2 aliphatic rings. The number of ether oxygens (including phenoxy) is 1. The maximum atomic E-state index is 12.8. The van der Waals surface area contributed by atoms with E-state index in [0.717, 1.165) is 42.3 Å². The van der Waals surface area contributed by atoms with Crippen molar-refractivity contribution in [2.45, 2.75) is 63.3 Å². The fourth-order valence-corrected chi connectivity index (χ4v) is 5.26. The zero-order chi connectivity index (χ0) is 20.9. The van der Waals surface area contributed by atoms with Gasteiger partial charge in [0.05, 0.1) is 23.3 Å². The van der Waals surface area contributed by atoms with Gasteiger partial charge in [-0.15, -0.1) is 0 Å². The van der Waals surface area contributed by atoms with Crippen LogP contribution in [0.1, 0.15) is 57.2 Å². The molecule has 1 saturated heterocycles. The number of nitrogens with zero attached hydrogens (tertiary/aromatic N) is 3. The van der Waals surface area contributed by atoms with Crippen LogP contribution in [0.25, 0.3) is 11.0 Å². The number of cyclic esters (lactones) is 1. The largest absolute Gasteiger partial charge is 0.441 e. The molecule has 2 fully saturated rings. The number of imidazole rings is 1. The molecule has 1 aromatic carbocycles. The molecular formula is C23H26N4O3. The third-order valence-corrected chi connectivity index (χ3v) is 6.56. The van der Waals surface area contributed by atoms with Gasteiger partial charge in [-0.1, -0.05) is 30.3 Å². The Bertz CT molecular complexity index is 1130. The number of carbonyl (C=O) groups is 1. The van der Waals surface area contributed by atoms with Crippen molar-refractivity contribution in [2.24, 2.45) is 0 Å². The first-order chi connectivity index (χ1) is 14.5. The van der Waals surface area contributed by atoms with Crippen molar-refractivity contribution in [3.05, 3.63) is 64.8 Å². The lowest BCUT2D eigenvalue weighted by atomic mass is 9.86. The predicted octanol–water partition coefficient (Wildman–Crippen LogP) is 4.18. The van der Waals surface area contributed by atoms with Crippen molar-refractivity contribution in [1.82, 2.24) is 19.4 Å². The Balaban J connectivity index is 1.40. The molecule has 156 valence electrons. The first kappa shape index (κ1) is 18.9. The number of amides is 1. The summed E-state index contributed by atoms with van der Waals surface area (Å²) in [6.45, 7) is 3.96. The van der Waals surface area contributed by atoms with Gasteiger partial charge in [-0.25, -0.2) is 9.59 Å². The van der Waals surface area contributed by atoms with Gasteiger partial charge < -0.3 is 9.72 Å². The average molecular weight is 406 g/mol. The van der Waals surface area contributed by atoms with Gasteiger partial charge in [-0.2, -0.15) is 0 Å². The van der Waals surface area contributed by atoms with Crippen LogP contribution in [0.2, 0.25) is 0 Å². The van der Waals surface area contributed by atoms with E-state index in [-0.39, 0.29) is 29.9 Å². The van der Waals surface area contributed by atoms with Gasteiger partial charge >= 0.3 is 11.8 Å². The lowest BCUT2D eigenvalue weighted by Crippen LogP contribution is -2.43. The molecule has 0 spiro atoms. The Morgan fingerprint density at radius 2 is 1.73 bits per heavy atom. The first-order valence-electron chi connectivity index (χ1n) is 10.6. The van der Waals surface area contributed by atoms with E-state index < -0.39 is 5.60 Å². The highest BCUT2D eigenvalue weighted by molar-refractivity contribution is 5.74. The van der Waals surface area contributed by atoms with Crippen molar-refractivity contribution in [2.75, 3.05) is 0 Å². The molecule has 0 unspecified atom stereocenters. The van der Waals surface area contributed by atoms with Gasteiger partial charge in [0.25, 0.3) is 0 Å². The summed E-state index contributed by atoms with van der Waals surface area (Å²) < 4.78 is 7.61. The van der Waals surface area contributed by atoms with E-state index in [1.807, 2.05) is 47.6 Å². The predicted molar refractivity (Wildman–Crippen MR) is 113 cm³/mol. The van der Waals surface area contributed by atoms with Gasteiger partial charge in [0.15, 0.2) is 0 Å². The third-order valence-electron chi connectivity index (χ3n) is 6.56. The van der Waals surface area contributed by atoms with E-state index in [9.17, 15) is 9.59 Å². The normalized spacial score (nSPS) is 26.1. The molecular weight excluding hydrogens is 380 g/mol. The van der Waals surface area contributed by atoms with E-state index in [1.54, 1.807) is 12.4 Å². The Hall–Kier alpha value is -3.09. The molecule has 0 bridgehead atoms. The minimum absolute atomic E-state index is 0.0923. The lowest BCUT2D eigenvalue weighted by Gasteiger charge is -2.38. The fourth-order valence-electron chi connectivity index (χ4n) is 5.26. The van der Waals surface area contributed by atoms with Gasteiger partial charge in [-0.3, -0.25) is 14.5 Å². The molecule has 7 heteroatoms. The molecule has 1 amide bonds. The number of hydrogen-bond acceptors (Lipinski definition) is 4. The summed E-state index contributed by atoms with van der Waals surface area (Å²) in [4.78, 5) is 34.4. The van der Waals surface area contributed by atoms with Crippen LogP contribution in [0.3, 0.4) is 0 Å². The Kier molecular flexibility index (Phi) is 4.41. The van der Waals surface area contributed by atoms with Gasteiger partial charge in [0.2, 0.25) is 0 Å². The second kappa shape index (κ2) is 7.00. The van der Waals surface area contributed by atoms with Crippen LogP contribution in [-0.4, -0.2) is 37.2 Å². The molecule has 0 radical (unpaired) electrons. The van der Waals surface area contributed by atoms with Crippen molar-refractivity contribution in [3.8, 4) is 0 Å². The van der Waals surface area contributed by atoms with Crippen molar-refractivity contribution in [3.63, 3.8) is 0 Å². The topological polar surface area (TPSA) is 80.2 Å². The number of nitrogens with one attached hydrogen (secondary N) is 1. The zero-order valence-corrected chi connectivity index (χ0v) is 17.2. The summed E-state index contributed by atoms with van der Waals surface area (Å²) in [6, 6.07) is 12.0. The molecule has 2 aromatic heterocycles. The number of fused-ring (bicyclic) bond motifs is 1. The number of aromatic amines is 1. The van der Waals surface area contributed by atoms with E-state index in [0.29, 0.717) is 0 Å². The summed E-state index contributed by atoms with van der Waals surface area (Å²) in [6.07, 6.45) is 6.51. The molecule has 1 saturated carbocycles. The van der Waals surface area contributed by atoms with Crippen LogP contribution in [-0.2, 0) is 4.74 Å². The monoisotopic (exact) mass is 406 g/mol. The minimum Gasteiger partial charge on any atom is -0.441 e. The highest BCUT2D eigenvalue weighted by atomic mass is 16.6. The molecule has 5 rings (SSSR count). The summed E-state index contributed by atoms with van der Waals surface area (Å²) in [5.74, 6) is 0. The number of carbonyl (C=O) groups excluding carboxylic acids is 1. The Labute approximate surface area is 174 Å². The SMILES string of the molecule is CC1(C)OC(=O)N(C2CCC(n3c(=O)[nH]c4ccncc43)CC2)[C@H]1c1ccccc1. The summed E-state index contributed by atoms with van der Waals surface area (Å²) in [5.41, 5.74) is 2.06. The molecule has 30 heavy (non-hydrogen) atoms. The second-order valence-corrected chi connectivity index (χ2v) is 8.85. The number of pyridine rings is 1. The van der Waals surface area contributed by atoms with Crippen LogP contribution >= 0.6 is 0 Å². The molecule has 1 aliphatic heterocycles. The number of hydrogen-bond donors (Lipinski definition) is 1. The van der Waals surface area contributed by atoms with Crippen LogP contribution in [0.15, 0.2) is 53.6 Å². The van der Waals surface area contributed by atoms with Crippen molar-refractivity contribution in [1.29, 1.82) is 0 Å². The van der Waals surface area contributed by atoms with E-state index in [2.05, 4.69) is 22.1 Å². The number of H-pyrrole nitrogens is 1. The number of benzene rings is 1. The highest BCUT2D eigenvalue weighted by Crippen LogP contribution is 2.45. The molecule has 1 aliphatic carbocycles. The lowest BCUT2D eigenvalue weighted by molar-refractivity contribution is 0.0662. The van der Waals surface area contributed by atoms with Gasteiger partial charge in [0.1, 0.15) is 5.60 Å².